The van der Waals surface area contributed by atoms with Gasteiger partial charge in [-0.15, -0.1) is 11.3 Å². The Morgan fingerprint density at radius 1 is 1.45 bits per heavy atom. The summed E-state index contributed by atoms with van der Waals surface area (Å²) in [6, 6.07) is 5.92. The van der Waals surface area contributed by atoms with Crippen molar-refractivity contribution in [1.29, 1.82) is 0 Å². The van der Waals surface area contributed by atoms with Crippen molar-refractivity contribution in [2.24, 2.45) is 0 Å². The zero-order valence-corrected chi connectivity index (χ0v) is 13.0. The van der Waals surface area contributed by atoms with Gasteiger partial charge in [0.1, 0.15) is 10.7 Å². The zero-order valence-electron chi connectivity index (χ0n) is 12.2. The summed E-state index contributed by atoms with van der Waals surface area (Å²) in [6.45, 7) is 2.50. The Morgan fingerprint density at radius 2 is 2.23 bits per heavy atom. The van der Waals surface area contributed by atoms with E-state index in [0.29, 0.717) is 17.2 Å². The van der Waals surface area contributed by atoms with Crippen LogP contribution >= 0.6 is 11.3 Å². The second-order valence-electron chi connectivity index (χ2n) is 5.32. The summed E-state index contributed by atoms with van der Waals surface area (Å²) in [5.74, 6) is -0.454. The fourth-order valence-corrected chi connectivity index (χ4v) is 3.36. The van der Waals surface area contributed by atoms with Crippen LogP contribution in [-0.2, 0) is 4.74 Å². The maximum atomic E-state index is 13.1. The molecule has 6 heteroatoms. The van der Waals surface area contributed by atoms with Crippen molar-refractivity contribution in [3.63, 3.8) is 0 Å². The van der Waals surface area contributed by atoms with Gasteiger partial charge in [0.2, 0.25) is 0 Å². The predicted molar refractivity (Wildman–Crippen MR) is 82.4 cm³/mol. The largest absolute Gasteiger partial charge is 0.376 e. The molecule has 0 saturated carbocycles. The quantitative estimate of drug-likeness (QED) is 0.941. The first-order valence-corrected chi connectivity index (χ1v) is 8.11. The average molecular weight is 320 g/mol. The van der Waals surface area contributed by atoms with Crippen molar-refractivity contribution < 1.29 is 13.9 Å². The van der Waals surface area contributed by atoms with E-state index in [1.165, 1.54) is 23.5 Å². The van der Waals surface area contributed by atoms with Gasteiger partial charge in [0, 0.05) is 6.61 Å². The Bertz CT molecular complexity index is 650. The molecule has 1 N–H and O–H groups in total. The summed E-state index contributed by atoms with van der Waals surface area (Å²) in [7, 11) is 0. The SMILES string of the molecule is Cc1ncsc1C(=O)NC(c1ccc(F)cc1)C1CCCO1. The van der Waals surface area contributed by atoms with Crippen molar-refractivity contribution in [1.82, 2.24) is 10.3 Å². The molecule has 1 aliphatic heterocycles. The van der Waals surface area contributed by atoms with Crippen LogP contribution in [0.15, 0.2) is 29.8 Å². The Kier molecular flexibility index (Phi) is 4.49. The van der Waals surface area contributed by atoms with E-state index in [9.17, 15) is 9.18 Å². The molecule has 1 aliphatic rings. The molecule has 1 fully saturated rings. The Morgan fingerprint density at radius 3 is 2.82 bits per heavy atom. The van der Waals surface area contributed by atoms with Gasteiger partial charge in [-0.05, 0) is 37.5 Å². The summed E-state index contributed by atoms with van der Waals surface area (Å²) in [5.41, 5.74) is 3.22. The molecule has 2 unspecified atom stereocenters. The second-order valence-corrected chi connectivity index (χ2v) is 6.18. The fraction of sp³-hybridized carbons (Fsp3) is 0.375. The lowest BCUT2D eigenvalue weighted by Crippen LogP contribution is -2.36. The molecule has 1 aromatic heterocycles. The van der Waals surface area contributed by atoms with E-state index in [-0.39, 0.29) is 23.9 Å². The van der Waals surface area contributed by atoms with Gasteiger partial charge in [0.05, 0.1) is 23.4 Å². The lowest BCUT2D eigenvalue weighted by atomic mass is 9.99. The van der Waals surface area contributed by atoms with Crippen LogP contribution in [-0.4, -0.2) is 23.6 Å². The smallest absolute Gasteiger partial charge is 0.263 e. The van der Waals surface area contributed by atoms with Gasteiger partial charge in [0.15, 0.2) is 0 Å². The van der Waals surface area contributed by atoms with Crippen molar-refractivity contribution in [2.45, 2.75) is 31.9 Å². The van der Waals surface area contributed by atoms with E-state index in [2.05, 4.69) is 10.3 Å². The van der Waals surface area contributed by atoms with E-state index in [1.54, 1.807) is 17.6 Å². The number of aromatic nitrogens is 1. The molecule has 2 atom stereocenters. The van der Waals surface area contributed by atoms with Gasteiger partial charge in [-0.1, -0.05) is 12.1 Å². The molecular weight excluding hydrogens is 303 g/mol. The summed E-state index contributed by atoms with van der Waals surface area (Å²) in [5, 5.41) is 3.02. The normalized spacial score (nSPS) is 19.1. The van der Waals surface area contributed by atoms with Crippen LogP contribution in [0.1, 0.15) is 39.8 Å². The van der Waals surface area contributed by atoms with Gasteiger partial charge >= 0.3 is 0 Å². The number of carbonyl (C=O) groups is 1. The van der Waals surface area contributed by atoms with E-state index >= 15 is 0 Å². The first-order chi connectivity index (χ1) is 10.6. The maximum absolute atomic E-state index is 13.1. The minimum absolute atomic E-state index is 0.0809. The third-order valence-corrected chi connectivity index (χ3v) is 4.73. The number of thiazole rings is 1. The van der Waals surface area contributed by atoms with Crippen molar-refractivity contribution in [3.8, 4) is 0 Å². The molecule has 22 heavy (non-hydrogen) atoms. The first-order valence-electron chi connectivity index (χ1n) is 7.23. The number of nitrogens with zero attached hydrogens (tertiary/aromatic N) is 1. The molecule has 1 amide bonds. The number of hydrogen-bond acceptors (Lipinski definition) is 4. The number of ether oxygens (including phenoxy) is 1. The molecule has 0 spiro atoms. The van der Waals surface area contributed by atoms with Crippen LogP contribution < -0.4 is 5.32 Å². The van der Waals surface area contributed by atoms with Gasteiger partial charge < -0.3 is 10.1 Å². The highest BCUT2D eigenvalue weighted by Gasteiger charge is 2.29. The molecule has 1 aromatic carbocycles. The Balaban J connectivity index is 1.84. The highest BCUT2D eigenvalue weighted by molar-refractivity contribution is 7.11. The molecule has 2 heterocycles. The average Bonchev–Trinajstić information content (AvgIpc) is 3.17. The predicted octanol–water partition coefficient (Wildman–Crippen LogP) is 3.24. The topological polar surface area (TPSA) is 51.2 Å². The lowest BCUT2D eigenvalue weighted by molar-refractivity contribution is 0.0674. The third kappa shape index (κ3) is 3.18. The molecule has 116 valence electrons. The van der Waals surface area contributed by atoms with Crippen molar-refractivity contribution in [2.75, 3.05) is 6.61 Å². The molecule has 2 aromatic rings. The molecule has 0 aliphatic carbocycles. The van der Waals surface area contributed by atoms with Crippen LogP contribution in [0.5, 0.6) is 0 Å². The number of amides is 1. The fourth-order valence-electron chi connectivity index (χ4n) is 2.65. The Labute approximate surface area is 132 Å². The molecule has 1 saturated heterocycles. The van der Waals surface area contributed by atoms with Crippen LogP contribution in [0.2, 0.25) is 0 Å². The number of hydrogen-bond donors (Lipinski definition) is 1. The number of rotatable bonds is 4. The maximum Gasteiger partial charge on any atom is 0.263 e. The summed E-state index contributed by atoms with van der Waals surface area (Å²) >= 11 is 1.32. The number of carbonyl (C=O) groups excluding carboxylic acids is 1. The van der Waals surface area contributed by atoms with Gasteiger partial charge in [-0.25, -0.2) is 9.37 Å². The number of aryl methyl sites for hydroxylation is 1. The van der Waals surface area contributed by atoms with E-state index < -0.39 is 0 Å². The van der Waals surface area contributed by atoms with Gasteiger partial charge in [0.25, 0.3) is 5.91 Å². The summed E-state index contributed by atoms with van der Waals surface area (Å²) < 4.78 is 18.9. The molecular formula is C16H17FN2O2S. The highest BCUT2D eigenvalue weighted by Crippen LogP contribution is 2.28. The minimum Gasteiger partial charge on any atom is -0.376 e. The van der Waals surface area contributed by atoms with Crippen molar-refractivity contribution in [3.05, 3.63) is 51.7 Å². The molecule has 3 rings (SSSR count). The minimum atomic E-state index is -0.292. The Hall–Kier alpha value is -1.79. The number of nitrogens with one attached hydrogen (secondary N) is 1. The summed E-state index contributed by atoms with van der Waals surface area (Å²) in [4.78, 5) is 17.2. The number of halogens is 1. The van der Waals surface area contributed by atoms with Crippen molar-refractivity contribution >= 4 is 17.2 Å². The monoisotopic (exact) mass is 320 g/mol. The third-order valence-electron chi connectivity index (χ3n) is 3.80. The molecule has 4 nitrogen and oxygen atoms in total. The summed E-state index contributed by atoms with van der Waals surface area (Å²) in [6.07, 6.45) is 1.77. The first kappa shape index (κ1) is 15.1. The zero-order chi connectivity index (χ0) is 15.5. The van der Waals surface area contributed by atoms with Crippen LogP contribution in [0.25, 0.3) is 0 Å². The van der Waals surface area contributed by atoms with Gasteiger partial charge in [-0.3, -0.25) is 4.79 Å². The van der Waals surface area contributed by atoms with Crippen LogP contribution in [0.4, 0.5) is 4.39 Å². The van der Waals surface area contributed by atoms with Crippen LogP contribution in [0, 0.1) is 12.7 Å². The standard InChI is InChI=1S/C16H17FN2O2S/c1-10-15(22-9-18-10)16(20)19-14(13-3-2-8-21-13)11-4-6-12(17)7-5-11/h4-7,9,13-14H,2-3,8H2,1H3,(H,19,20). The lowest BCUT2D eigenvalue weighted by Gasteiger charge is -2.24. The van der Waals surface area contributed by atoms with Crippen LogP contribution in [0.3, 0.4) is 0 Å². The molecule has 0 bridgehead atoms. The van der Waals surface area contributed by atoms with E-state index in [0.717, 1.165) is 18.4 Å². The van der Waals surface area contributed by atoms with E-state index in [4.69, 9.17) is 4.74 Å². The van der Waals surface area contributed by atoms with Gasteiger partial charge in [-0.2, -0.15) is 0 Å². The van der Waals surface area contributed by atoms with E-state index in [1.807, 2.05) is 6.92 Å². The highest BCUT2D eigenvalue weighted by atomic mass is 32.1. The number of benzene rings is 1. The second kappa shape index (κ2) is 6.54. The molecule has 0 radical (unpaired) electrons.